The fourth-order valence-electron chi connectivity index (χ4n) is 2.35. The van der Waals surface area contributed by atoms with Crippen LogP contribution in [0.3, 0.4) is 0 Å². The summed E-state index contributed by atoms with van der Waals surface area (Å²) < 4.78 is 27.1. The molecule has 0 aliphatic carbocycles. The van der Waals surface area contributed by atoms with E-state index in [-0.39, 0.29) is 23.8 Å². The fourth-order valence-corrected chi connectivity index (χ4v) is 4.28. The predicted molar refractivity (Wildman–Crippen MR) is 109 cm³/mol. The Morgan fingerprint density at radius 1 is 1.04 bits per heavy atom. The number of aryl methyl sites for hydroxylation is 1. The molecule has 2 aromatic carbocycles. The van der Waals surface area contributed by atoms with Crippen LogP contribution in [0.5, 0.6) is 0 Å². The Kier molecular flexibility index (Phi) is 8.04. The van der Waals surface area contributed by atoms with Crippen LogP contribution in [-0.4, -0.2) is 37.7 Å². The number of hydrogen-bond acceptors (Lipinski definition) is 5. The third kappa shape index (κ3) is 7.34. The molecule has 0 fully saturated rings. The Morgan fingerprint density at radius 3 is 2.25 bits per heavy atom. The second kappa shape index (κ2) is 10.3. The Labute approximate surface area is 168 Å². The van der Waals surface area contributed by atoms with Crippen molar-refractivity contribution in [2.24, 2.45) is 0 Å². The number of anilines is 1. The predicted octanol–water partition coefficient (Wildman–Crippen LogP) is 2.73. The molecule has 0 atom stereocenters. The van der Waals surface area contributed by atoms with E-state index in [4.69, 9.17) is 5.11 Å². The normalized spacial score (nSPS) is 11.2. The van der Waals surface area contributed by atoms with Crippen molar-refractivity contribution in [2.75, 3.05) is 17.6 Å². The summed E-state index contributed by atoms with van der Waals surface area (Å²) in [7, 11) is -3.61. The highest BCUT2D eigenvalue weighted by molar-refractivity contribution is 7.99. The van der Waals surface area contributed by atoms with Crippen LogP contribution in [0.2, 0.25) is 0 Å². The van der Waals surface area contributed by atoms with Crippen LogP contribution in [-0.2, 0) is 26.0 Å². The smallest absolute Gasteiger partial charge is 0.303 e. The molecule has 0 aliphatic heterocycles. The van der Waals surface area contributed by atoms with E-state index in [9.17, 15) is 18.0 Å². The van der Waals surface area contributed by atoms with Crippen molar-refractivity contribution in [3.05, 3.63) is 54.1 Å². The molecule has 0 saturated carbocycles. The molecule has 0 saturated heterocycles. The minimum absolute atomic E-state index is 0.0973. The average molecular weight is 423 g/mol. The van der Waals surface area contributed by atoms with Gasteiger partial charge < -0.3 is 10.4 Å². The molecule has 0 radical (unpaired) electrons. The number of thioether (sulfide) groups is 1. The summed E-state index contributed by atoms with van der Waals surface area (Å²) in [4.78, 5) is 22.7. The molecule has 0 spiro atoms. The molecule has 2 aromatic rings. The van der Waals surface area contributed by atoms with Crippen LogP contribution in [0.1, 0.15) is 18.9 Å². The first kappa shape index (κ1) is 21.9. The number of benzene rings is 2. The summed E-state index contributed by atoms with van der Waals surface area (Å²) in [5.74, 6) is -0.492. The second-order valence-electron chi connectivity index (χ2n) is 5.99. The average Bonchev–Trinajstić information content (AvgIpc) is 2.64. The maximum absolute atomic E-state index is 12.3. The van der Waals surface area contributed by atoms with Gasteiger partial charge in [-0.05, 0) is 48.4 Å². The molecule has 3 N–H and O–H groups in total. The summed E-state index contributed by atoms with van der Waals surface area (Å²) in [6, 6.07) is 13.5. The van der Waals surface area contributed by atoms with Crippen LogP contribution in [0.4, 0.5) is 5.69 Å². The van der Waals surface area contributed by atoms with E-state index in [1.807, 2.05) is 24.3 Å². The number of aliphatic carboxylic acids is 1. The molecular formula is C19H22N2O5S2. The van der Waals surface area contributed by atoms with Crippen LogP contribution < -0.4 is 10.0 Å². The van der Waals surface area contributed by atoms with Crippen LogP contribution in [0, 0.1) is 0 Å². The summed E-state index contributed by atoms with van der Waals surface area (Å²) in [5, 5.41) is 11.3. The van der Waals surface area contributed by atoms with E-state index in [1.54, 1.807) is 0 Å². The van der Waals surface area contributed by atoms with Crippen molar-refractivity contribution in [3.8, 4) is 0 Å². The largest absolute Gasteiger partial charge is 0.481 e. The zero-order chi connectivity index (χ0) is 20.6. The number of sulfonamides is 1. The van der Waals surface area contributed by atoms with Crippen molar-refractivity contribution in [1.82, 2.24) is 4.72 Å². The molecule has 0 aromatic heterocycles. The molecule has 2 rings (SSSR count). The van der Waals surface area contributed by atoms with E-state index >= 15 is 0 Å². The molecule has 1 amide bonds. The van der Waals surface area contributed by atoms with Gasteiger partial charge in [0.2, 0.25) is 15.9 Å². The first-order valence-corrected chi connectivity index (χ1v) is 11.0. The molecular weight excluding hydrogens is 400 g/mol. The lowest BCUT2D eigenvalue weighted by atomic mass is 10.1. The van der Waals surface area contributed by atoms with E-state index in [2.05, 4.69) is 10.0 Å². The SMILES string of the molecule is CC(=O)Nc1ccc(S(=O)(=O)NCCSc2ccc(CCC(=O)O)cc2)cc1. The van der Waals surface area contributed by atoms with Gasteiger partial charge in [-0.25, -0.2) is 13.1 Å². The van der Waals surface area contributed by atoms with Gasteiger partial charge in [-0.3, -0.25) is 9.59 Å². The lowest BCUT2D eigenvalue weighted by Gasteiger charge is -2.08. The number of carboxylic acid groups (broad SMARTS) is 1. The van der Waals surface area contributed by atoms with Crippen LogP contribution >= 0.6 is 11.8 Å². The number of carbonyl (C=O) groups excluding carboxylic acids is 1. The maximum atomic E-state index is 12.3. The van der Waals surface area contributed by atoms with Gasteiger partial charge in [0.25, 0.3) is 0 Å². The maximum Gasteiger partial charge on any atom is 0.303 e. The monoisotopic (exact) mass is 422 g/mol. The molecule has 0 bridgehead atoms. The van der Waals surface area contributed by atoms with Crippen molar-refractivity contribution >= 4 is 39.3 Å². The molecule has 28 heavy (non-hydrogen) atoms. The topological polar surface area (TPSA) is 113 Å². The number of carboxylic acids is 1. The first-order valence-electron chi connectivity index (χ1n) is 8.57. The fraction of sp³-hybridized carbons (Fsp3) is 0.263. The van der Waals surface area contributed by atoms with Crippen molar-refractivity contribution in [3.63, 3.8) is 0 Å². The van der Waals surface area contributed by atoms with E-state index in [0.29, 0.717) is 17.9 Å². The molecule has 7 nitrogen and oxygen atoms in total. The van der Waals surface area contributed by atoms with Gasteiger partial charge in [0.1, 0.15) is 0 Å². The quantitative estimate of drug-likeness (QED) is 0.401. The van der Waals surface area contributed by atoms with Crippen LogP contribution in [0.25, 0.3) is 0 Å². The summed E-state index contributed by atoms with van der Waals surface area (Å²) in [6.45, 7) is 1.65. The third-order valence-electron chi connectivity index (χ3n) is 3.70. The third-order valence-corrected chi connectivity index (χ3v) is 6.19. The Hall–Kier alpha value is -2.36. The number of hydrogen-bond donors (Lipinski definition) is 3. The second-order valence-corrected chi connectivity index (χ2v) is 8.92. The Morgan fingerprint density at radius 2 is 1.68 bits per heavy atom. The number of amides is 1. The van der Waals surface area contributed by atoms with Crippen molar-refractivity contribution in [1.29, 1.82) is 0 Å². The summed E-state index contributed by atoms with van der Waals surface area (Å²) in [5.41, 5.74) is 1.49. The van der Waals surface area contributed by atoms with E-state index in [1.165, 1.54) is 43.0 Å². The lowest BCUT2D eigenvalue weighted by molar-refractivity contribution is -0.137. The van der Waals surface area contributed by atoms with Crippen molar-refractivity contribution in [2.45, 2.75) is 29.6 Å². The van der Waals surface area contributed by atoms with Gasteiger partial charge in [0.15, 0.2) is 0 Å². The summed E-state index contributed by atoms with van der Waals surface area (Å²) >= 11 is 1.51. The number of carbonyl (C=O) groups is 2. The van der Waals surface area contributed by atoms with Gasteiger partial charge in [0, 0.05) is 36.2 Å². The molecule has 150 valence electrons. The lowest BCUT2D eigenvalue weighted by Crippen LogP contribution is -2.26. The van der Waals surface area contributed by atoms with Gasteiger partial charge in [-0.1, -0.05) is 12.1 Å². The molecule has 0 unspecified atom stereocenters. The van der Waals surface area contributed by atoms with Gasteiger partial charge in [0.05, 0.1) is 4.90 Å². The van der Waals surface area contributed by atoms with E-state index in [0.717, 1.165) is 10.5 Å². The zero-order valence-electron chi connectivity index (χ0n) is 15.3. The molecule has 9 heteroatoms. The number of nitrogens with one attached hydrogen (secondary N) is 2. The van der Waals surface area contributed by atoms with Crippen molar-refractivity contribution < 1.29 is 23.1 Å². The minimum atomic E-state index is -3.61. The first-order chi connectivity index (χ1) is 13.3. The highest BCUT2D eigenvalue weighted by Crippen LogP contribution is 2.19. The Balaban J connectivity index is 1.80. The standard InChI is InChI=1S/C19H22N2O5S2/c1-14(22)21-16-5-9-18(10-6-16)28(25,26)20-12-13-27-17-7-2-15(3-8-17)4-11-19(23)24/h2-3,5-10,20H,4,11-13H2,1H3,(H,21,22)(H,23,24). The van der Waals surface area contributed by atoms with Crippen LogP contribution in [0.15, 0.2) is 58.3 Å². The highest BCUT2D eigenvalue weighted by atomic mass is 32.2. The number of rotatable bonds is 10. The zero-order valence-corrected chi connectivity index (χ0v) is 17.0. The Bertz CT molecular complexity index is 910. The van der Waals surface area contributed by atoms with Gasteiger partial charge in [-0.15, -0.1) is 11.8 Å². The highest BCUT2D eigenvalue weighted by Gasteiger charge is 2.13. The molecule has 0 heterocycles. The summed E-state index contributed by atoms with van der Waals surface area (Å²) in [6.07, 6.45) is 0.584. The van der Waals surface area contributed by atoms with Gasteiger partial charge >= 0.3 is 5.97 Å². The minimum Gasteiger partial charge on any atom is -0.481 e. The molecule has 0 aliphatic rings. The van der Waals surface area contributed by atoms with E-state index < -0.39 is 16.0 Å². The van der Waals surface area contributed by atoms with Gasteiger partial charge in [-0.2, -0.15) is 0 Å².